The molecule has 0 aromatic heterocycles. The molecule has 1 rings (SSSR count). The highest BCUT2D eigenvalue weighted by molar-refractivity contribution is 5.73. The van der Waals surface area contributed by atoms with Crippen molar-refractivity contribution in [2.75, 3.05) is 12.8 Å². The quantitative estimate of drug-likeness (QED) is 0.742. The van der Waals surface area contributed by atoms with Gasteiger partial charge in [0, 0.05) is 6.07 Å². The van der Waals surface area contributed by atoms with Crippen LogP contribution in [-0.2, 0) is 4.79 Å². The van der Waals surface area contributed by atoms with E-state index in [1.54, 1.807) is 25.1 Å². The van der Waals surface area contributed by atoms with Crippen LogP contribution < -0.4 is 15.2 Å². The van der Waals surface area contributed by atoms with Crippen molar-refractivity contribution in [2.45, 2.75) is 19.4 Å². The van der Waals surface area contributed by atoms with Gasteiger partial charge in [-0.15, -0.1) is 0 Å². The second-order valence-corrected chi connectivity index (χ2v) is 3.26. The molecule has 1 aromatic rings. The molecule has 0 radical (unpaired) electrons. The first kappa shape index (κ1) is 12.2. The zero-order valence-electron chi connectivity index (χ0n) is 9.27. The Morgan fingerprint density at radius 3 is 2.69 bits per heavy atom. The largest absolute Gasteiger partial charge is 0.497 e. The van der Waals surface area contributed by atoms with Crippen LogP contribution in [0.3, 0.4) is 0 Å². The van der Waals surface area contributed by atoms with E-state index in [0.29, 0.717) is 23.6 Å². The smallest absolute Gasteiger partial charge is 0.344 e. The molecular formula is C11H15NO4. The molecule has 3 N–H and O–H groups in total. The van der Waals surface area contributed by atoms with E-state index in [4.69, 9.17) is 20.3 Å². The molecule has 1 unspecified atom stereocenters. The summed E-state index contributed by atoms with van der Waals surface area (Å²) in [5, 5.41) is 8.84. The lowest BCUT2D eigenvalue weighted by atomic mass is 10.2. The predicted octanol–water partition coefficient (Wildman–Crippen LogP) is 1.52. The SMILES string of the molecule is CCC(Oc1ccc(OC)cc1N)C(=O)O. The standard InChI is InChI=1S/C11H15NO4/c1-3-9(11(13)14)16-10-5-4-7(15-2)6-8(10)12/h4-6,9H,3,12H2,1-2H3,(H,13,14). The minimum absolute atomic E-state index is 0.357. The Bertz CT molecular complexity index is 378. The van der Waals surface area contributed by atoms with Crippen molar-refractivity contribution in [1.29, 1.82) is 0 Å². The average molecular weight is 225 g/mol. The normalized spacial score (nSPS) is 11.9. The highest BCUT2D eigenvalue weighted by atomic mass is 16.5. The van der Waals surface area contributed by atoms with Crippen LogP contribution in [0.4, 0.5) is 5.69 Å². The van der Waals surface area contributed by atoms with E-state index in [1.165, 1.54) is 7.11 Å². The number of aliphatic carboxylic acids is 1. The molecule has 0 aliphatic carbocycles. The van der Waals surface area contributed by atoms with Gasteiger partial charge in [0.25, 0.3) is 0 Å². The highest BCUT2D eigenvalue weighted by Gasteiger charge is 2.17. The van der Waals surface area contributed by atoms with E-state index in [9.17, 15) is 4.79 Å². The third-order valence-electron chi connectivity index (χ3n) is 2.13. The lowest BCUT2D eigenvalue weighted by molar-refractivity contribution is -0.145. The molecule has 0 spiro atoms. The molecule has 16 heavy (non-hydrogen) atoms. The average Bonchev–Trinajstić information content (AvgIpc) is 2.26. The number of nitrogens with two attached hydrogens (primary N) is 1. The Hall–Kier alpha value is -1.91. The Balaban J connectivity index is 2.84. The van der Waals surface area contributed by atoms with Crippen molar-refractivity contribution in [3.05, 3.63) is 18.2 Å². The van der Waals surface area contributed by atoms with Gasteiger partial charge in [-0.25, -0.2) is 4.79 Å². The number of benzene rings is 1. The number of anilines is 1. The van der Waals surface area contributed by atoms with E-state index >= 15 is 0 Å². The monoisotopic (exact) mass is 225 g/mol. The number of nitrogen functional groups attached to an aromatic ring is 1. The summed E-state index contributed by atoms with van der Waals surface area (Å²) < 4.78 is 10.3. The number of carboxylic acids is 1. The van der Waals surface area contributed by atoms with Crippen molar-refractivity contribution < 1.29 is 19.4 Å². The molecule has 0 amide bonds. The Morgan fingerprint density at radius 2 is 2.25 bits per heavy atom. The number of carbonyl (C=O) groups is 1. The third kappa shape index (κ3) is 2.79. The topological polar surface area (TPSA) is 81.8 Å². The van der Waals surface area contributed by atoms with Gasteiger partial charge in [-0.1, -0.05) is 6.92 Å². The summed E-state index contributed by atoms with van der Waals surface area (Å²) in [5.74, 6) is -0.0407. The van der Waals surface area contributed by atoms with Crippen molar-refractivity contribution in [2.24, 2.45) is 0 Å². The second-order valence-electron chi connectivity index (χ2n) is 3.26. The Labute approximate surface area is 93.8 Å². The Morgan fingerprint density at radius 1 is 1.56 bits per heavy atom. The maximum absolute atomic E-state index is 10.8. The molecule has 5 nitrogen and oxygen atoms in total. The van der Waals surface area contributed by atoms with Gasteiger partial charge in [-0.3, -0.25) is 0 Å². The van der Waals surface area contributed by atoms with Crippen molar-refractivity contribution in [1.82, 2.24) is 0 Å². The lowest BCUT2D eigenvalue weighted by Crippen LogP contribution is -2.26. The second kappa shape index (κ2) is 5.25. The molecule has 0 saturated carbocycles. The van der Waals surface area contributed by atoms with E-state index in [1.807, 2.05) is 0 Å². The van der Waals surface area contributed by atoms with Crippen LogP contribution in [0, 0.1) is 0 Å². The molecule has 0 aliphatic rings. The third-order valence-corrected chi connectivity index (χ3v) is 2.13. The first-order valence-corrected chi connectivity index (χ1v) is 4.91. The molecule has 0 bridgehead atoms. The summed E-state index contributed by atoms with van der Waals surface area (Å²) in [6.07, 6.45) is -0.503. The molecule has 5 heteroatoms. The van der Waals surface area contributed by atoms with Gasteiger partial charge < -0.3 is 20.3 Å². The van der Waals surface area contributed by atoms with Gasteiger partial charge >= 0.3 is 5.97 Å². The first-order valence-electron chi connectivity index (χ1n) is 4.91. The van der Waals surface area contributed by atoms with E-state index in [0.717, 1.165) is 0 Å². The van der Waals surface area contributed by atoms with Crippen LogP contribution >= 0.6 is 0 Å². The predicted molar refractivity (Wildman–Crippen MR) is 59.7 cm³/mol. The maximum Gasteiger partial charge on any atom is 0.344 e. The fourth-order valence-corrected chi connectivity index (χ4v) is 1.22. The zero-order chi connectivity index (χ0) is 12.1. The summed E-state index contributed by atoms with van der Waals surface area (Å²) in [6, 6.07) is 4.85. The molecular weight excluding hydrogens is 210 g/mol. The van der Waals surface area contributed by atoms with Gasteiger partial charge in [-0.2, -0.15) is 0 Å². The fourth-order valence-electron chi connectivity index (χ4n) is 1.22. The summed E-state index contributed by atoms with van der Waals surface area (Å²) >= 11 is 0. The van der Waals surface area contributed by atoms with E-state index in [2.05, 4.69) is 0 Å². The number of carboxylic acid groups (broad SMARTS) is 1. The number of hydrogen-bond acceptors (Lipinski definition) is 4. The van der Waals surface area contributed by atoms with Crippen LogP contribution in [-0.4, -0.2) is 24.3 Å². The summed E-state index contributed by atoms with van der Waals surface area (Å²) in [6.45, 7) is 1.73. The van der Waals surface area contributed by atoms with Crippen molar-refractivity contribution >= 4 is 11.7 Å². The highest BCUT2D eigenvalue weighted by Crippen LogP contribution is 2.27. The number of ether oxygens (including phenoxy) is 2. The fraction of sp³-hybridized carbons (Fsp3) is 0.364. The summed E-state index contributed by atoms with van der Waals surface area (Å²) in [7, 11) is 1.53. The molecule has 0 heterocycles. The van der Waals surface area contributed by atoms with Crippen LogP contribution in [0.25, 0.3) is 0 Å². The minimum Gasteiger partial charge on any atom is -0.497 e. The zero-order valence-corrected chi connectivity index (χ0v) is 9.27. The minimum atomic E-state index is -1.00. The Kier molecular flexibility index (Phi) is 3.99. The molecule has 0 aliphatic heterocycles. The van der Waals surface area contributed by atoms with Crippen LogP contribution in [0.1, 0.15) is 13.3 Å². The summed E-state index contributed by atoms with van der Waals surface area (Å²) in [4.78, 5) is 10.8. The molecule has 0 fully saturated rings. The van der Waals surface area contributed by atoms with Crippen molar-refractivity contribution in [3.8, 4) is 11.5 Å². The number of rotatable bonds is 5. The van der Waals surface area contributed by atoms with Crippen LogP contribution in [0.2, 0.25) is 0 Å². The van der Waals surface area contributed by atoms with E-state index in [-0.39, 0.29) is 0 Å². The lowest BCUT2D eigenvalue weighted by Gasteiger charge is -2.15. The number of methoxy groups -OCH3 is 1. The molecule has 0 saturated heterocycles. The first-order chi connectivity index (χ1) is 7.58. The van der Waals surface area contributed by atoms with Crippen LogP contribution in [0.5, 0.6) is 11.5 Å². The van der Waals surface area contributed by atoms with Crippen LogP contribution in [0.15, 0.2) is 18.2 Å². The van der Waals surface area contributed by atoms with Gasteiger partial charge in [0.05, 0.1) is 12.8 Å². The van der Waals surface area contributed by atoms with Gasteiger partial charge in [0.2, 0.25) is 0 Å². The maximum atomic E-state index is 10.8. The van der Waals surface area contributed by atoms with E-state index < -0.39 is 12.1 Å². The van der Waals surface area contributed by atoms with Gasteiger partial charge in [-0.05, 0) is 18.6 Å². The summed E-state index contributed by atoms with van der Waals surface area (Å²) in [5.41, 5.74) is 6.06. The number of hydrogen-bond donors (Lipinski definition) is 2. The molecule has 88 valence electrons. The van der Waals surface area contributed by atoms with Gasteiger partial charge in [0.1, 0.15) is 11.5 Å². The van der Waals surface area contributed by atoms with Crippen molar-refractivity contribution in [3.63, 3.8) is 0 Å². The molecule has 1 atom stereocenters. The molecule has 1 aromatic carbocycles. The van der Waals surface area contributed by atoms with Gasteiger partial charge in [0.15, 0.2) is 6.10 Å².